The van der Waals surface area contributed by atoms with Gasteiger partial charge in [0.25, 0.3) is 0 Å². The van der Waals surface area contributed by atoms with E-state index in [9.17, 15) is 0 Å². The molecule has 64 valence electrons. The summed E-state index contributed by atoms with van der Waals surface area (Å²) < 4.78 is 0. The summed E-state index contributed by atoms with van der Waals surface area (Å²) >= 11 is 0. The topological polar surface area (TPSA) is 79.1 Å². The van der Waals surface area contributed by atoms with Gasteiger partial charge in [-0.25, -0.2) is 0 Å². The van der Waals surface area contributed by atoms with Crippen LogP contribution >= 0.6 is 0 Å². The quantitative estimate of drug-likeness (QED) is 0.611. The summed E-state index contributed by atoms with van der Waals surface area (Å²) in [5.41, 5.74) is 0. The molecule has 0 bridgehead atoms. The zero-order valence-corrected chi connectivity index (χ0v) is 7.22. The van der Waals surface area contributed by atoms with E-state index in [0.717, 1.165) is 12.8 Å². The predicted octanol–water partition coefficient (Wildman–Crippen LogP) is 1.80. The highest BCUT2D eigenvalue weighted by Crippen LogP contribution is 1.77. The molecule has 0 amide bonds. The van der Waals surface area contributed by atoms with Gasteiger partial charge in [0.1, 0.15) is 0 Å². The van der Waals surface area contributed by atoms with Gasteiger partial charge in [-0.1, -0.05) is 13.8 Å². The molecule has 0 atom stereocenters. The number of hydrogen-bond acceptors (Lipinski definition) is 2. The molecule has 11 heavy (non-hydrogen) atoms. The lowest BCUT2D eigenvalue weighted by molar-refractivity contribution is 0.824. The van der Waals surface area contributed by atoms with Crippen molar-refractivity contribution in [2.45, 2.75) is 39.5 Å². The van der Waals surface area contributed by atoms with E-state index in [-0.39, 0.29) is 5.48 Å². The average molecular weight is 156 g/mol. The van der Waals surface area contributed by atoms with Crippen molar-refractivity contribution in [1.29, 1.82) is 10.5 Å². The summed E-state index contributed by atoms with van der Waals surface area (Å²) in [7, 11) is 0. The predicted molar refractivity (Wildman–Crippen MR) is 44.7 cm³/mol. The first-order chi connectivity index (χ1) is 4.83. The van der Waals surface area contributed by atoms with Crippen molar-refractivity contribution in [3.05, 3.63) is 0 Å². The van der Waals surface area contributed by atoms with Crippen molar-refractivity contribution in [2.24, 2.45) is 0 Å². The van der Waals surface area contributed by atoms with E-state index in [4.69, 9.17) is 10.5 Å². The Bertz CT molecular complexity index is 105. The highest BCUT2D eigenvalue weighted by molar-refractivity contribution is 4.65. The van der Waals surface area contributed by atoms with E-state index in [1.807, 2.05) is 26.0 Å². The van der Waals surface area contributed by atoms with Gasteiger partial charge in [-0.2, -0.15) is 10.5 Å². The Morgan fingerprint density at radius 3 is 1.18 bits per heavy atom. The van der Waals surface area contributed by atoms with Gasteiger partial charge in [0.05, 0.1) is 12.1 Å². The zero-order chi connectivity index (χ0) is 8.24. The van der Waals surface area contributed by atoms with Crippen LogP contribution in [0.1, 0.15) is 39.5 Å². The first kappa shape index (κ1) is 16.5. The fraction of sp³-hybridized carbons (Fsp3) is 0.750. The number of unbranched alkanes of at least 4 members (excludes halogenated alkanes) is 2. The Labute approximate surface area is 68.6 Å². The standard InChI is InChI=1S/2C4H7N.H2O/c2*1-2-3-4-5;/h2*2-3H2,1H3;1H2. The lowest BCUT2D eigenvalue weighted by Gasteiger charge is -1.65. The summed E-state index contributed by atoms with van der Waals surface area (Å²) in [6, 6.07) is 4.03. The van der Waals surface area contributed by atoms with Gasteiger partial charge in [-0.05, 0) is 12.8 Å². The molecular weight excluding hydrogens is 140 g/mol. The molecule has 0 aliphatic carbocycles. The van der Waals surface area contributed by atoms with Crippen LogP contribution in [0.25, 0.3) is 0 Å². The monoisotopic (exact) mass is 156 g/mol. The Morgan fingerprint density at radius 1 is 0.909 bits per heavy atom. The smallest absolute Gasteiger partial charge is 0.0621 e. The van der Waals surface area contributed by atoms with E-state index in [2.05, 4.69) is 0 Å². The third-order valence-electron chi connectivity index (χ3n) is 0.724. The fourth-order valence-corrected chi connectivity index (χ4v) is 0.224. The molecule has 0 fully saturated rings. The summed E-state index contributed by atoms with van der Waals surface area (Å²) in [6.07, 6.45) is 3.35. The van der Waals surface area contributed by atoms with E-state index >= 15 is 0 Å². The van der Waals surface area contributed by atoms with Gasteiger partial charge in [0.15, 0.2) is 0 Å². The maximum Gasteiger partial charge on any atom is 0.0621 e. The Morgan fingerprint density at radius 2 is 1.18 bits per heavy atom. The molecule has 0 saturated carbocycles. The molecule has 3 nitrogen and oxygen atoms in total. The molecule has 0 aromatic heterocycles. The largest absolute Gasteiger partial charge is 0.412 e. The van der Waals surface area contributed by atoms with Gasteiger partial charge >= 0.3 is 0 Å². The fourth-order valence-electron chi connectivity index (χ4n) is 0.224. The SMILES string of the molecule is CCCC#N.CCCC#N.O. The lowest BCUT2D eigenvalue weighted by Crippen LogP contribution is -1.53. The Kier molecular flexibility index (Phi) is 34.6. The highest BCUT2D eigenvalue weighted by atomic mass is 16.0. The molecule has 0 aliphatic heterocycles. The van der Waals surface area contributed by atoms with Crippen LogP contribution in [0.5, 0.6) is 0 Å². The highest BCUT2D eigenvalue weighted by Gasteiger charge is 1.65. The molecule has 0 aromatic carbocycles. The van der Waals surface area contributed by atoms with Gasteiger partial charge < -0.3 is 5.48 Å². The van der Waals surface area contributed by atoms with Crippen molar-refractivity contribution >= 4 is 0 Å². The molecule has 0 unspecified atom stereocenters. The van der Waals surface area contributed by atoms with Crippen LogP contribution in [0.15, 0.2) is 0 Å². The minimum absolute atomic E-state index is 0. The zero-order valence-electron chi connectivity index (χ0n) is 7.22. The molecular formula is C8H16N2O. The van der Waals surface area contributed by atoms with Gasteiger partial charge in [0, 0.05) is 12.8 Å². The van der Waals surface area contributed by atoms with Gasteiger partial charge in [0.2, 0.25) is 0 Å². The van der Waals surface area contributed by atoms with Gasteiger partial charge in [-0.3, -0.25) is 0 Å². The first-order valence-corrected chi connectivity index (χ1v) is 3.57. The summed E-state index contributed by atoms with van der Waals surface area (Å²) in [5.74, 6) is 0. The van der Waals surface area contributed by atoms with Crippen LogP contribution in [0.3, 0.4) is 0 Å². The molecule has 0 aliphatic rings. The third kappa shape index (κ3) is 49.8. The van der Waals surface area contributed by atoms with E-state index in [1.165, 1.54) is 0 Å². The van der Waals surface area contributed by atoms with Crippen LogP contribution in [0.4, 0.5) is 0 Å². The van der Waals surface area contributed by atoms with Gasteiger partial charge in [-0.15, -0.1) is 0 Å². The number of nitriles is 2. The van der Waals surface area contributed by atoms with E-state index in [0.29, 0.717) is 12.8 Å². The van der Waals surface area contributed by atoms with Crippen molar-refractivity contribution in [3.8, 4) is 12.1 Å². The summed E-state index contributed by atoms with van der Waals surface area (Å²) in [6.45, 7) is 3.98. The summed E-state index contributed by atoms with van der Waals surface area (Å²) in [5, 5.41) is 15.6. The minimum atomic E-state index is 0. The second-order valence-electron chi connectivity index (χ2n) is 1.82. The minimum Gasteiger partial charge on any atom is -0.412 e. The lowest BCUT2D eigenvalue weighted by atomic mass is 10.4. The van der Waals surface area contributed by atoms with Crippen LogP contribution in [-0.2, 0) is 0 Å². The third-order valence-corrected chi connectivity index (χ3v) is 0.724. The van der Waals surface area contributed by atoms with E-state index in [1.54, 1.807) is 0 Å². The van der Waals surface area contributed by atoms with Crippen molar-refractivity contribution in [2.75, 3.05) is 0 Å². The molecule has 0 rings (SSSR count). The Hall–Kier alpha value is -1.06. The maximum atomic E-state index is 7.82. The van der Waals surface area contributed by atoms with E-state index < -0.39 is 0 Å². The second kappa shape index (κ2) is 23.1. The van der Waals surface area contributed by atoms with Crippen LogP contribution in [0.2, 0.25) is 0 Å². The molecule has 3 heteroatoms. The first-order valence-electron chi connectivity index (χ1n) is 3.57. The molecule has 0 saturated heterocycles. The van der Waals surface area contributed by atoms with Crippen LogP contribution in [0, 0.1) is 22.7 Å². The molecule has 2 N–H and O–H groups in total. The van der Waals surface area contributed by atoms with Crippen LogP contribution in [-0.4, -0.2) is 5.48 Å². The molecule has 0 heterocycles. The molecule has 0 spiro atoms. The van der Waals surface area contributed by atoms with Crippen molar-refractivity contribution in [1.82, 2.24) is 0 Å². The number of nitrogens with zero attached hydrogens (tertiary/aromatic N) is 2. The second-order valence-corrected chi connectivity index (χ2v) is 1.82. The summed E-state index contributed by atoms with van der Waals surface area (Å²) in [4.78, 5) is 0. The van der Waals surface area contributed by atoms with Crippen molar-refractivity contribution < 1.29 is 5.48 Å². The maximum absolute atomic E-state index is 7.82. The molecule has 0 radical (unpaired) electrons. The Balaban J connectivity index is -0.000000107. The molecule has 0 aromatic rings. The average Bonchev–Trinajstić information content (AvgIpc) is 1.93. The number of hydrogen-bond donors (Lipinski definition) is 0. The van der Waals surface area contributed by atoms with Crippen LogP contribution < -0.4 is 0 Å². The normalized spacial score (nSPS) is 5.82. The number of rotatable bonds is 2. The van der Waals surface area contributed by atoms with Crippen molar-refractivity contribution in [3.63, 3.8) is 0 Å².